The molecule has 3 nitrogen and oxygen atoms in total. The number of hydrogen-bond acceptors (Lipinski definition) is 3. The molecular weight excluding hydrogens is 226 g/mol. The summed E-state index contributed by atoms with van der Waals surface area (Å²) < 4.78 is 5.73. The van der Waals surface area contributed by atoms with Crippen LogP contribution in [0.4, 0.5) is 0 Å². The summed E-state index contributed by atoms with van der Waals surface area (Å²) in [6.45, 7) is 16.1. The first-order valence-corrected chi connectivity index (χ1v) is 7.24. The fraction of sp³-hybridized carbons (Fsp3) is 1.00. The molecule has 0 bridgehead atoms. The van der Waals surface area contributed by atoms with Crippen LogP contribution in [0, 0.1) is 5.92 Å². The molecule has 18 heavy (non-hydrogen) atoms. The van der Waals surface area contributed by atoms with Crippen LogP contribution < -0.4 is 0 Å². The summed E-state index contributed by atoms with van der Waals surface area (Å²) in [4.78, 5) is 6.08. The highest BCUT2D eigenvalue weighted by molar-refractivity contribution is 4.92. The van der Waals surface area contributed by atoms with Gasteiger partial charge in [0.2, 0.25) is 0 Å². The predicted molar refractivity (Wildman–Crippen MR) is 75.2 cm³/mol. The van der Waals surface area contributed by atoms with Crippen molar-refractivity contribution in [3.8, 4) is 0 Å². The average Bonchev–Trinajstić information content (AvgIpc) is 2.20. The topological polar surface area (TPSA) is 21.7 Å². The lowest BCUT2D eigenvalue weighted by molar-refractivity contribution is -0.349. The molecule has 0 aromatic carbocycles. The standard InChI is InChI=1S/C15H31NO2/c1-12(2)11-17-13(3)18-16-14(4,5)9-8-10-15(16,6)7/h12-13H,8-11H2,1-7H3. The van der Waals surface area contributed by atoms with E-state index < -0.39 is 0 Å². The van der Waals surface area contributed by atoms with Crippen molar-refractivity contribution in [2.75, 3.05) is 6.61 Å². The summed E-state index contributed by atoms with van der Waals surface area (Å²) in [6, 6.07) is 0. The van der Waals surface area contributed by atoms with Crippen LogP contribution in [0.5, 0.6) is 0 Å². The van der Waals surface area contributed by atoms with E-state index in [0.29, 0.717) is 5.92 Å². The Morgan fingerprint density at radius 3 is 1.94 bits per heavy atom. The van der Waals surface area contributed by atoms with Crippen LogP contribution in [0.15, 0.2) is 0 Å². The summed E-state index contributed by atoms with van der Waals surface area (Å²) >= 11 is 0. The van der Waals surface area contributed by atoms with Crippen molar-refractivity contribution in [3.63, 3.8) is 0 Å². The molecule has 0 radical (unpaired) electrons. The minimum Gasteiger partial charge on any atom is -0.351 e. The fourth-order valence-corrected chi connectivity index (χ4v) is 2.77. The third-order valence-electron chi connectivity index (χ3n) is 3.59. The molecule has 0 aromatic heterocycles. The van der Waals surface area contributed by atoms with E-state index in [4.69, 9.17) is 9.57 Å². The molecule has 1 atom stereocenters. The van der Waals surface area contributed by atoms with E-state index in [1.54, 1.807) is 0 Å². The van der Waals surface area contributed by atoms with Gasteiger partial charge in [0.15, 0.2) is 6.29 Å². The maximum Gasteiger partial charge on any atom is 0.174 e. The Morgan fingerprint density at radius 1 is 1.00 bits per heavy atom. The fourth-order valence-electron chi connectivity index (χ4n) is 2.77. The first-order chi connectivity index (χ1) is 8.15. The Labute approximate surface area is 113 Å². The van der Waals surface area contributed by atoms with Gasteiger partial charge in [0, 0.05) is 11.1 Å². The van der Waals surface area contributed by atoms with Crippen molar-refractivity contribution in [1.29, 1.82) is 0 Å². The van der Waals surface area contributed by atoms with Gasteiger partial charge in [-0.05, 0) is 59.8 Å². The van der Waals surface area contributed by atoms with Gasteiger partial charge in [0.25, 0.3) is 0 Å². The average molecular weight is 257 g/mol. The highest BCUT2D eigenvalue weighted by Gasteiger charge is 2.43. The summed E-state index contributed by atoms with van der Waals surface area (Å²) in [7, 11) is 0. The second-order valence-electron chi connectivity index (χ2n) is 7.17. The van der Waals surface area contributed by atoms with Crippen LogP contribution >= 0.6 is 0 Å². The minimum absolute atomic E-state index is 0.0806. The van der Waals surface area contributed by atoms with Crippen LogP contribution in [0.25, 0.3) is 0 Å². The summed E-state index contributed by atoms with van der Waals surface area (Å²) in [5.41, 5.74) is 0.161. The van der Waals surface area contributed by atoms with Crippen molar-refractivity contribution in [2.45, 2.75) is 85.1 Å². The molecule has 0 saturated carbocycles. The second kappa shape index (κ2) is 5.89. The predicted octanol–water partition coefficient (Wildman–Crippen LogP) is 3.98. The lowest BCUT2D eigenvalue weighted by atomic mass is 9.82. The first kappa shape index (κ1) is 15.9. The van der Waals surface area contributed by atoms with Crippen molar-refractivity contribution >= 4 is 0 Å². The minimum atomic E-state index is -0.177. The van der Waals surface area contributed by atoms with Crippen molar-refractivity contribution in [3.05, 3.63) is 0 Å². The van der Waals surface area contributed by atoms with Crippen molar-refractivity contribution < 1.29 is 9.57 Å². The van der Waals surface area contributed by atoms with Gasteiger partial charge in [-0.3, -0.25) is 4.84 Å². The first-order valence-electron chi connectivity index (χ1n) is 7.24. The Bertz CT molecular complexity index is 245. The van der Waals surface area contributed by atoms with E-state index in [9.17, 15) is 0 Å². The van der Waals surface area contributed by atoms with Crippen LogP contribution in [-0.4, -0.2) is 29.0 Å². The molecule has 3 heteroatoms. The largest absolute Gasteiger partial charge is 0.351 e. The molecule has 108 valence electrons. The molecule has 0 amide bonds. The molecule has 1 saturated heterocycles. The maximum atomic E-state index is 6.08. The van der Waals surface area contributed by atoms with E-state index in [1.807, 2.05) is 6.92 Å². The zero-order chi connectivity index (χ0) is 14.0. The van der Waals surface area contributed by atoms with Gasteiger partial charge in [-0.1, -0.05) is 13.8 Å². The van der Waals surface area contributed by atoms with Gasteiger partial charge in [0.05, 0.1) is 6.61 Å². The zero-order valence-electron chi connectivity index (χ0n) is 13.2. The Morgan fingerprint density at radius 2 is 1.50 bits per heavy atom. The Hall–Kier alpha value is -0.120. The normalized spacial score (nSPS) is 25.3. The monoisotopic (exact) mass is 257 g/mol. The number of rotatable bonds is 5. The number of piperidine rings is 1. The number of nitrogens with zero attached hydrogens (tertiary/aromatic N) is 1. The van der Waals surface area contributed by atoms with E-state index in [2.05, 4.69) is 46.6 Å². The van der Waals surface area contributed by atoms with E-state index in [-0.39, 0.29) is 17.4 Å². The van der Waals surface area contributed by atoms with Crippen molar-refractivity contribution in [2.24, 2.45) is 5.92 Å². The summed E-state index contributed by atoms with van der Waals surface area (Å²) in [6.07, 6.45) is 3.44. The van der Waals surface area contributed by atoms with E-state index in [1.165, 1.54) is 19.3 Å². The lowest BCUT2D eigenvalue weighted by Gasteiger charge is -2.51. The van der Waals surface area contributed by atoms with Gasteiger partial charge in [0.1, 0.15) is 0 Å². The number of ether oxygens (including phenoxy) is 1. The summed E-state index contributed by atoms with van der Waals surface area (Å²) in [5.74, 6) is 0.540. The third kappa shape index (κ3) is 4.22. The highest BCUT2D eigenvalue weighted by Crippen LogP contribution is 2.38. The smallest absolute Gasteiger partial charge is 0.174 e. The van der Waals surface area contributed by atoms with Crippen LogP contribution in [0.3, 0.4) is 0 Å². The molecule has 1 fully saturated rings. The zero-order valence-corrected chi connectivity index (χ0v) is 13.2. The molecule has 0 aliphatic carbocycles. The van der Waals surface area contributed by atoms with Gasteiger partial charge in [-0.25, -0.2) is 0 Å². The third-order valence-corrected chi connectivity index (χ3v) is 3.59. The van der Waals surface area contributed by atoms with Crippen LogP contribution in [0.1, 0.15) is 67.7 Å². The highest BCUT2D eigenvalue weighted by atomic mass is 16.8. The number of hydroxylamine groups is 2. The maximum absolute atomic E-state index is 6.08. The van der Waals surface area contributed by atoms with Crippen molar-refractivity contribution in [1.82, 2.24) is 5.06 Å². The number of hydrogen-bond donors (Lipinski definition) is 0. The molecule has 0 aromatic rings. The molecule has 1 aliphatic rings. The van der Waals surface area contributed by atoms with E-state index in [0.717, 1.165) is 6.61 Å². The lowest BCUT2D eigenvalue weighted by Crippen LogP contribution is -2.59. The molecular formula is C15H31NO2. The SMILES string of the molecule is CC(C)COC(C)ON1C(C)(C)CCCC1(C)C. The van der Waals surface area contributed by atoms with E-state index >= 15 is 0 Å². The molecule has 1 unspecified atom stereocenters. The van der Waals surface area contributed by atoms with Gasteiger partial charge in [-0.15, -0.1) is 0 Å². The second-order valence-corrected chi connectivity index (χ2v) is 7.17. The molecule has 0 N–H and O–H groups in total. The van der Waals surface area contributed by atoms with Crippen LogP contribution in [-0.2, 0) is 9.57 Å². The quantitative estimate of drug-likeness (QED) is 0.695. The molecule has 1 aliphatic heterocycles. The summed E-state index contributed by atoms with van der Waals surface area (Å²) in [5, 5.41) is 2.16. The van der Waals surface area contributed by atoms with Gasteiger partial charge in [-0.2, -0.15) is 5.06 Å². The molecule has 1 rings (SSSR count). The Balaban J connectivity index is 2.60. The molecule has 1 heterocycles. The van der Waals surface area contributed by atoms with Crippen LogP contribution in [0.2, 0.25) is 0 Å². The van der Waals surface area contributed by atoms with Gasteiger partial charge >= 0.3 is 0 Å². The molecule has 0 spiro atoms. The Kier molecular flexibility index (Phi) is 5.22. The van der Waals surface area contributed by atoms with Gasteiger partial charge < -0.3 is 4.74 Å².